The van der Waals surface area contributed by atoms with Crippen LogP contribution in [0.1, 0.15) is 6.92 Å². The molecule has 1 heterocycles. The first-order chi connectivity index (χ1) is 8.99. The van der Waals surface area contributed by atoms with E-state index in [1.54, 1.807) is 6.92 Å². The minimum absolute atomic E-state index is 0.141. The number of piperazine rings is 1. The summed E-state index contributed by atoms with van der Waals surface area (Å²) in [7, 11) is 2.05. The minimum Gasteiger partial charge on any atom is -0.460 e. The molecule has 1 aliphatic rings. The van der Waals surface area contributed by atoms with E-state index >= 15 is 0 Å². The van der Waals surface area contributed by atoms with E-state index in [1.165, 1.54) is 0 Å². The molecule has 1 rings (SSSR count). The molecule has 2 N–H and O–H groups in total. The summed E-state index contributed by atoms with van der Waals surface area (Å²) in [6.45, 7) is 8.92. The number of likely N-dealkylation sites (N-methyl/N-ethyl adjacent to an activating group) is 1. The molecule has 0 aromatic carbocycles. The van der Waals surface area contributed by atoms with E-state index < -0.39 is 5.97 Å². The van der Waals surface area contributed by atoms with Crippen molar-refractivity contribution in [1.82, 2.24) is 20.7 Å². The van der Waals surface area contributed by atoms with Crippen LogP contribution in [0, 0.1) is 0 Å². The van der Waals surface area contributed by atoms with Gasteiger partial charge in [0.1, 0.15) is 6.61 Å². The molecule has 1 saturated heterocycles. The average molecular weight is 270 g/mol. The van der Waals surface area contributed by atoms with Gasteiger partial charge in [-0.2, -0.15) is 0 Å². The largest absolute Gasteiger partial charge is 0.460 e. The number of nitrogens with one attached hydrogen (secondary N) is 2. The summed E-state index contributed by atoms with van der Waals surface area (Å²) < 4.78 is 4.86. The second kappa shape index (κ2) is 7.75. The minimum atomic E-state index is -0.443. The Kier molecular flexibility index (Phi) is 6.31. The van der Waals surface area contributed by atoms with E-state index in [2.05, 4.69) is 22.2 Å². The van der Waals surface area contributed by atoms with Crippen LogP contribution in [0.5, 0.6) is 0 Å². The van der Waals surface area contributed by atoms with Crippen LogP contribution >= 0.6 is 0 Å². The number of nitrogens with zero attached hydrogens (tertiary/aromatic N) is 2. The Morgan fingerprint density at radius 1 is 1.26 bits per heavy atom. The van der Waals surface area contributed by atoms with E-state index in [0.29, 0.717) is 5.57 Å². The standard InChI is InChI=1S/C12H22N4O3/c1-10(2)11(17)19-9-4-13-12(18)14-16-7-5-15(3)6-8-16/h1,4-9H2,2-3H3,(H2,13,14,18). The summed E-state index contributed by atoms with van der Waals surface area (Å²) in [4.78, 5) is 24.8. The molecule has 19 heavy (non-hydrogen) atoms. The highest BCUT2D eigenvalue weighted by Gasteiger charge is 2.15. The van der Waals surface area contributed by atoms with Crippen molar-refractivity contribution >= 4 is 12.0 Å². The molecule has 1 fully saturated rings. The maximum atomic E-state index is 11.5. The van der Waals surface area contributed by atoms with Crippen LogP contribution in [0.2, 0.25) is 0 Å². The molecule has 0 aliphatic carbocycles. The number of carbonyl (C=O) groups excluding carboxylic acids is 2. The molecule has 0 spiro atoms. The summed E-state index contributed by atoms with van der Waals surface area (Å²) in [5.74, 6) is -0.443. The molecule has 0 bridgehead atoms. The molecule has 1 aliphatic heterocycles. The van der Waals surface area contributed by atoms with Crippen molar-refractivity contribution in [2.24, 2.45) is 0 Å². The van der Waals surface area contributed by atoms with Gasteiger partial charge < -0.3 is 15.0 Å². The fraction of sp³-hybridized carbons (Fsp3) is 0.667. The molecule has 2 amide bonds. The molecule has 0 aromatic rings. The fourth-order valence-electron chi connectivity index (χ4n) is 1.53. The maximum absolute atomic E-state index is 11.5. The number of ether oxygens (including phenoxy) is 1. The first-order valence-corrected chi connectivity index (χ1v) is 6.29. The summed E-state index contributed by atoms with van der Waals surface area (Å²) in [6, 6.07) is -0.282. The lowest BCUT2D eigenvalue weighted by atomic mass is 10.4. The third-order valence-corrected chi connectivity index (χ3v) is 2.73. The van der Waals surface area contributed by atoms with Crippen LogP contribution in [0.25, 0.3) is 0 Å². The number of amides is 2. The quantitative estimate of drug-likeness (QED) is 0.403. The topological polar surface area (TPSA) is 73.9 Å². The Labute approximate surface area is 113 Å². The second-order valence-corrected chi connectivity index (χ2v) is 4.57. The van der Waals surface area contributed by atoms with Gasteiger partial charge in [-0.1, -0.05) is 6.58 Å². The van der Waals surface area contributed by atoms with Crippen molar-refractivity contribution in [1.29, 1.82) is 0 Å². The Morgan fingerprint density at radius 3 is 2.47 bits per heavy atom. The normalized spacial score (nSPS) is 16.7. The Bertz CT molecular complexity index is 338. The van der Waals surface area contributed by atoms with Crippen molar-refractivity contribution in [2.75, 3.05) is 46.4 Å². The van der Waals surface area contributed by atoms with Crippen LogP contribution in [-0.2, 0) is 9.53 Å². The predicted octanol–water partition coefficient (Wildman–Crippen LogP) is -0.433. The van der Waals surface area contributed by atoms with Crippen molar-refractivity contribution < 1.29 is 14.3 Å². The lowest BCUT2D eigenvalue weighted by Gasteiger charge is -2.32. The highest BCUT2D eigenvalue weighted by atomic mass is 16.5. The molecular weight excluding hydrogens is 248 g/mol. The number of hydrazine groups is 1. The van der Waals surface area contributed by atoms with E-state index in [-0.39, 0.29) is 19.2 Å². The third kappa shape index (κ3) is 6.21. The summed E-state index contributed by atoms with van der Waals surface area (Å²) in [5.41, 5.74) is 3.10. The van der Waals surface area contributed by atoms with Gasteiger partial charge >= 0.3 is 12.0 Å². The van der Waals surface area contributed by atoms with Crippen LogP contribution in [-0.4, -0.2) is 68.3 Å². The van der Waals surface area contributed by atoms with Crippen molar-refractivity contribution in [3.05, 3.63) is 12.2 Å². The Balaban J connectivity index is 2.08. The van der Waals surface area contributed by atoms with E-state index in [0.717, 1.165) is 26.2 Å². The number of hydrogen-bond acceptors (Lipinski definition) is 5. The van der Waals surface area contributed by atoms with Crippen LogP contribution in [0.4, 0.5) is 4.79 Å². The molecule has 0 atom stereocenters. The third-order valence-electron chi connectivity index (χ3n) is 2.73. The van der Waals surface area contributed by atoms with Gasteiger partial charge in [0, 0.05) is 31.8 Å². The zero-order chi connectivity index (χ0) is 14.3. The van der Waals surface area contributed by atoms with Gasteiger partial charge in [-0.3, -0.25) is 5.43 Å². The highest BCUT2D eigenvalue weighted by molar-refractivity contribution is 5.86. The number of esters is 1. The van der Waals surface area contributed by atoms with E-state index in [1.807, 2.05) is 12.1 Å². The van der Waals surface area contributed by atoms with Gasteiger partial charge in [-0.25, -0.2) is 14.6 Å². The molecule has 0 radical (unpaired) electrons. The van der Waals surface area contributed by atoms with Crippen molar-refractivity contribution in [2.45, 2.75) is 6.92 Å². The Hall–Kier alpha value is -1.60. The summed E-state index contributed by atoms with van der Waals surface area (Å²) in [6.07, 6.45) is 0. The summed E-state index contributed by atoms with van der Waals surface area (Å²) in [5, 5.41) is 4.49. The van der Waals surface area contributed by atoms with E-state index in [9.17, 15) is 9.59 Å². The van der Waals surface area contributed by atoms with Gasteiger partial charge in [-0.05, 0) is 14.0 Å². The SMILES string of the molecule is C=C(C)C(=O)OCCNC(=O)NN1CCN(C)CC1. The molecule has 0 saturated carbocycles. The van der Waals surface area contributed by atoms with Crippen molar-refractivity contribution in [3.63, 3.8) is 0 Å². The number of hydrogen-bond donors (Lipinski definition) is 2. The van der Waals surface area contributed by atoms with E-state index in [4.69, 9.17) is 4.74 Å². The van der Waals surface area contributed by atoms with Crippen molar-refractivity contribution in [3.8, 4) is 0 Å². The first kappa shape index (κ1) is 15.5. The van der Waals surface area contributed by atoms with Crippen LogP contribution < -0.4 is 10.7 Å². The fourth-order valence-corrected chi connectivity index (χ4v) is 1.53. The van der Waals surface area contributed by atoms with Gasteiger partial charge in [-0.15, -0.1) is 0 Å². The molecule has 7 heteroatoms. The monoisotopic (exact) mass is 270 g/mol. The number of rotatable bonds is 5. The van der Waals surface area contributed by atoms with Gasteiger partial charge in [0.25, 0.3) is 0 Å². The molecular formula is C12H22N4O3. The average Bonchev–Trinajstić information content (AvgIpc) is 2.37. The smallest absolute Gasteiger partial charge is 0.333 e. The highest BCUT2D eigenvalue weighted by Crippen LogP contribution is 1.95. The van der Waals surface area contributed by atoms with Gasteiger partial charge in [0.2, 0.25) is 0 Å². The molecule has 7 nitrogen and oxygen atoms in total. The zero-order valence-corrected chi connectivity index (χ0v) is 11.6. The lowest BCUT2D eigenvalue weighted by molar-refractivity contribution is -0.138. The maximum Gasteiger partial charge on any atom is 0.333 e. The number of urea groups is 1. The predicted molar refractivity (Wildman–Crippen MR) is 71.4 cm³/mol. The van der Waals surface area contributed by atoms with Crippen LogP contribution in [0.15, 0.2) is 12.2 Å². The Morgan fingerprint density at radius 2 is 1.89 bits per heavy atom. The lowest BCUT2D eigenvalue weighted by Crippen LogP contribution is -2.55. The number of carbonyl (C=O) groups is 2. The molecule has 0 unspecified atom stereocenters. The molecule has 0 aromatic heterocycles. The van der Waals surface area contributed by atoms with Crippen LogP contribution in [0.3, 0.4) is 0 Å². The van der Waals surface area contributed by atoms with Gasteiger partial charge in [0.05, 0.1) is 6.54 Å². The molecule has 108 valence electrons. The first-order valence-electron chi connectivity index (χ1n) is 6.29. The zero-order valence-electron chi connectivity index (χ0n) is 11.6. The second-order valence-electron chi connectivity index (χ2n) is 4.57. The van der Waals surface area contributed by atoms with Gasteiger partial charge in [0.15, 0.2) is 0 Å². The summed E-state index contributed by atoms with van der Waals surface area (Å²) >= 11 is 0.